The Kier molecular flexibility index (Phi) is 5.05. The van der Waals surface area contributed by atoms with Crippen LogP contribution in [0.4, 0.5) is 28.9 Å². The highest BCUT2D eigenvalue weighted by atomic mass is 32.2. The van der Waals surface area contributed by atoms with Crippen molar-refractivity contribution >= 4 is 32.2 Å². The number of fused-ring (bicyclic) bond motifs is 1. The highest BCUT2D eigenvalue weighted by molar-refractivity contribution is 7.93. The number of sulfonamides is 1. The molecule has 3 aromatic rings. The maximum atomic E-state index is 13.3. The van der Waals surface area contributed by atoms with Gasteiger partial charge in [0, 0.05) is 6.07 Å². The highest BCUT2D eigenvalue weighted by Gasteiger charge is 2.46. The second kappa shape index (κ2) is 7.20. The Morgan fingerprint density at radius 3 is 2.28 bits per heavy atom. The molecule has 3 aromatic carbocycles. The molecule has 0 aliphatic heterocycles. The first kappa shape index (κ1) is 20.3. The average Bonchev–Trinajstić information content (AvgIpc) is 2.62. The quantitative estimate of drug-likeness (QED) is 0.351. The minimum atomic E-state index is -5.78. The van der Waals surface area contributed by atoms with Crippen LogP contribution in [-0.4, -0.2) is 18.8 Å². The number of nitro groups is 1. The van der Waals surface area contributed by atoms with Gasteiger partial charge in [-0.15, -0.1) is 0 Å². The van der Waals surface area contributed by atoms with Crippen molar-refractivity contribution in [2.45, 2.75) is 5.51 Å². The van der Waals surface area contributed by atoms with E-state index < -0.39 is 43.4 Å². The lowest BCUT2D eigenvalue weighted by Gasteiger charge is -2.15. The number of nitro benzene ring substituents is 1. The van der Waals surface area contributed by atoms with Crippen LogP contribution < -0.4 is 9.46 Å². The fourth-order valence-corrected chi connectivity index (χ4v) is 2.95. The van der Waals surface area contributed by atoms with Crippen molar-refractivity contribution in [2.24, 2.45) is 0 Å². The van der Waals surface area contributed by atoms with Crippen LogP contribution in [0.1, 0.15) is 0 Å². The van der Waals surface area contributed by atoms with Crippen LogP contribution in [-0.2, 0) is 10.0 Å². The summed E-state index contributed by atoms with van der Waals surface area (Å²) in [7, 11) is -5.78. The second-order valence-corrected chi connectivity index (χ2v) is 7.42. The van der Waals surface area contributed by atoms with E-state index >= 15 is 0 Å². The van der Waals surface area contributed by atoms with E-state index in [1.807, 2.05) is 0 Å². The first-order valence-electron chi connectivity index (χ1n) is 7.71. The number of rotatable bonds is 5. The van der Waals surface area contributed by atoms with Gasteiger partial charge in [0.2, 0.25) is 0 Å². The summed E-state index contributed by atoms with van der Waals surface area (Å²) in [5, 5.41) is 12.0. The summed E-state index contributed by atoms with van der Waals surface area (Å²) in [5.41, 5.74) is -6.77. The van der Waals surface area contributed by atoms with E-state index in [1.54, 1.807) is 0 Å². The third-order valence-corrected chi connectivity index (χ3v) is 4.82. The molecule has 152 valence electrons. The lowest BCUT2D eigenvalue weighted by molar-refractivity contribution is -0.384. The number of nitrogens with one attached hydrogen (secondary N) is 1. The molecule has 0 amide bonds. The molecule has 0 atom stereocenters. The predicted octanol–water partition coefficient (Wildman–Crippen LogP) is 4.94. The molecule has 0 aliphatic rings. The van der Waals surface area contributed by atoms with E-state index in [2.05, 4.69) is 0 Å². The van der Waals surface area contributed by atoms with Gasteiger partial charge in [-0.3, -0.25) is 14.8 Å². The molecule has 0 unspecified atom stereocenters. The topological polar surface area (TPSA) is 98.5 Å². The average molecular weight is 430 g/mol. The van der Waals surface area contributed by atoms with Gasteiger partial charge in [-0.2, -0.15) is 21.6 Å². The van der Waals surface area contributed by atoms with Gasteiger partial charge in [0.1, 0.15) is 11.6 Å². The van der Waals surface area contributed by atoms with Crippen molar-refractivity contribution < 1.29 is 35.6 Å². The SMILES string of the molecule is O=[N+]([O-])c1ccc(NS(=O)(=O)C(F)(F)F)c(Oc2ccc3cc(F)ccc3c2)c1. The number of halogens is 4. The first-order chi connectivity index (χ1) is 13.5. The van der Waals surface area contributed by atoms with Crippen LogP contribution in [0.15, 0.2) is 54.6 Å². The van der Waals surface area contributed by atoms with Gasteiger partial charge in [0.05, 0.1) is 16.7 Å². The molecule has 0 spiro atoms. The predicted molar refractivity (Wildman–Crippen MR) is 95.7 cm³/mol. The third kappa shape index (κ3) is 4.37. The van der Waals surface area contributed by atoms with E-state index in [0.29, 0.717) is 10.8 Å². The van der Waals surface area contributed by atoms with Crippen molar-refractivity contribution in [1.82, 2.24) is 0 Å². The summed E-state index contributed by atoms with van der Waals surface area (Å²) >= 11 is 0. The maximum Gasteiger partial charge on any atom is 0.516 e. The highest BCUT2D eigenvalue weighted by Crippen LogP contribution is 2.36. The number of hydrogen-bond donors (Lipinski definition) is 1. The first-order valence-corrected chi connectivity index (χ1v) is 9.19. The molecule has 12 heteroatoms. The van der Waals surface area contributed by atoms with E-state index in [-0.39, 0.29) is 5.75 Å². The van der Waals surface area contributed by atoms with Gasteiger partial charge in [-0.05, 0) is 41.1 Å². The zero-order valence-corrected chi connectivity index (χ0v) is 14.9. The molecular weight excluding hydrogens is 420 g/mol. The van der Waals surface area contributed by atoms with Crippen molar-refractivity contribution in [2.75, 3.05) is 4.72 Å². The zero-order valence-electron chi connectivity index (χ0n) is 14.1. The van der Waals surface area contributed by atoms with E-state index in [0.717, 1.165) is 18.2 Å². The smallest absolute Gasteiger partial charge is 0.455 e. The maximum absolute atomic E-state index is 13.3. The van der Waals surface area contributed by atoms with Crippen LogP contribution in [0.25, 0.3) is 10.8 Å². The summed E-state index contributed by atoms with van der Waals surface area (Å²) in [6.45, 7) is 0. The van der Waals surface area contributed by atoms with Gasteiger partial charge in [0.15, 0.2) is 5.75 Å². The number of anilines is 1. The van der Waals surface area contributed by atoms with Gasteiger partial charge in [-0.25, -0.2) is 4.39 Å². The van der Waals surface area contributed by atoms with E-state index in [1.165, 1.54) is 41.1 Å². The number of nitrogens with zero attached hydrogens (tertiary/aromatic N) is 1. The van der Waals surface area contributed by atoms with E-state index in [9.17, 15) is 36.1 Å². The summed E-state index contributed by atoms with van der Waals surface area (Å²) in [6.07, 6.45) is 0. The van der Waals surface area contributed by atoms with Gasteiger partial charge in [-0.1, -0.05) is 12.1 Å². The van der Waals surface area contributed by atoms with Crippen LogP contribution in [0.3, 0.4) is 0 Å². The van der Waals surface area contributed by atoms with Gasteiger partial charge < -0.3 is 4.74 Å². The minimum Gasteiger partial charge on any atom is -0.455 e. The Balaban J connectivity index is 2.03. The second-order valence-electron chi connectivity index (χ2n) is 5.74. The Bertz CT molecular complexity index is 1210. The standard InChI is InChI=1S/C17H10F4N2O5S/c18-12-3-1-11-8-14(5-2-10(11)7-12)28-16-9-13(23(24)25)4-6-15(16)22-29(26,27)17(19,20)21/h1-9,22H. The van der Waals surface area contributed by atoms with Crippen molar-refractivity contribution in [3.8, 4) is 11.5 Å². The molecule has 0 radical (unpaired) electrons. The van der Waals surface area contributed by atoms with Crippen LogP contribution in [0, 0.1) is 15.9 Å². The molecule has 0 saturated heterocycles. The molecule has 0 aliphatic carbocycles. The van der Waals surface area contributed by atoms with Crippen LogP contribution in [0.2, 0.25) is 0 Å². The Labute approximate surface area is 160 Å². The molecule has 7 nitrogen and oxygen atoms in total. The van der Waals surface area contributed by atoms with Crippen LogP contribution in [0.5, 0.6) is 11.5 Å². The Morgan fingerprint density at radius 2 is 1.62 bits per heavy atom. The normalized spacial score (nSPS) is 12.0. The van der Waals surface area contributed by atoms with Gasteiger partial charge >= 0.3 is 15.5 Å². The molecule has 0 saturated carbocycles. The fourth-order valence-electron chi connectivity index (χ4n) is 2.38. The lowest BCUT2D eigenvalue weighted by Crippen LogP contribution is -2.30. The molecule has 3 rings (SSSR count). The monoisotopic (exact) mass is 430 g/mol. The summed E-state index contributed by atoms with van der Waals surface area (Å²) in [6, 6.07) is 10.5. The Hall–Kier alpha value is -3.41. The molecule has 0 aromatic heterocycles. The summed E-state index contributed by atoms with van der Waals surface area (Å²) in [5.74, 6) is -0.959. The minimum absolute atomic E-state index is 0.0389. The van der Waals surface area contributed by atoms with Crippen LogP contribution >= 0.6 is 0 Å². The molecule has 29 heavy (non-hydrogen) atoms. The van der Waals surface area contributed by atoms with Gasteiger partial charge in [0.25, 0.3) is 5.69 Å². The van der Waals surface area contributed by atoms with Crippen molar-refractivity contribution in [3.63, 3.8) is 0 Å². The van der Waals surface area contributed by atoms with Crippen molar-refractivity contribution in [3.05, 3.63) is 70.5 Å². The largest absolute Gasteiger partial charge is 0.516 e. The lowest BCUT2D eigenvalue weighted by atomic mass is 10.1. The zero-order chi connectivity index (χ0) is 21.4. The Morgan fingerprint density at radius 1 is 0.966 bits per heavy atom. The van der Waals surface area contributed by atoms with Crippen molar-refractivity contribution in [1.29, 1.82) is 0 Å². The number of ether oxygens (including phenoxy) is 1. The number of hydrogen-bond acceptors (Lipinski definition) is 5. The molecule has 0 heterocycles. The molecule has 0 fully saturated rings. The number of non-ortho nitro benzene ring substituents is 1. The molecule has 0 bridgehead atoms. The molecule has 1 N–H and O–H groups in total. The number of alkyl halides is 3. The summed E-state index contributed by atoms with van der Waals surface area (Å²) < 4.78 is 80.7. The number of benzene rings is 3. The van der Waals surface area contributed by atoms with E-state index in [4.69, 9.17) is 4.74 Å². The fraction of sp³-hybridized carbons (Fsp3) is 0.0588. The third-order valence-electron chi connectivity index (χ3n) is 3.73. The molecular formula is C17H10F4N2O5S. The summed E-state index contributed by atoms with van der Waals surface area (Å²) in [4.78, 5) is 10.1.